The van der Waals surface area contributed by atoms with Crippen LogP contribution in [0.4, 0.5) is 20.6 Å². The second-order valence-corrected chi connectivity index (χ2v) is 15.1. The molecule has 3 fully saturated rings. The van der Waals surface area contributed by atoms with Gasteiger partial charge < -0.3 is 34.3 Å². The number of aliphatic imine (C=N–C) groups is 1. The van der Waals surface area contributed by atoms with Crippen LogP contribution in [0.25, 0.3) is 10.9 Å². The smallest absolute Gasteiger partial charge is 0.417 e. The Labute approximate surface area is 333 Å². The third kappa shape index (κ3) is 8.35. The fourth-order valence-electron chi connectivity index (χ4n) is 6.98. The Morgan fingerprint density at radius 1 is 1.05 bits per heavy atom. The van der Waals surface area contributed by atoms with Gasteiger partial charge in [0.15, 0.2) is 17.2 Å². The van der Waals surface area contributed by atoms with Gasteiger partial charge in [-0.25, -0.2) is 18.9 Å². The third-order valence-electron chi connectivity index (χ3n) is 10.1. The molecule has 14 nitrogen and oxygen atoms in total. The van der Waals surface area contributed by atoms with Crippen molar-refractivity contribution < 1.29 is 38.1 Å². The standard InChI is InChI=1S/C19H22FN3O4.C16H13ClN2O.C6H9NO3/c1-10-8-22(6-5-21-10)16-14(20)7-12-15(18(16)27-2)23(11-3-4-11)9-13(17(12)24)19(25)26;1-19-14-8-7-12(17)9-13(14)16(18-10-15(19)20)11-5-3-2-4-6-11;1-6(2)4(8)7(3)5(9)10-6/h7,9-11,21H,3-6,8H2,1-2H3,(H,25,26);2-9H,10H2,1H3;1-3H3. The second kappa shape index (κ2) is 16.4. The van der Waals surface area contributed by atoms with E-state index in [2.05, 4.69) is 10.3 Å². The zero-order valence-corrected chi connectivity index (χ0v) is 33.2. The van der Waals surface area contributed by atoms with Crippen LogP contribution in [0.2, 0.25) is 5.02 Å². The molecule has 300 valence electrons. The zero-order chi connectivity index (χ0) is 41.3. The molecule has 2 saturated heterocycles. The minimum absolute atomic E-state index is 0.0282. The van der Waals surface area contributed by atoms with Crippen molar-refractivity contribution in [3.05, 3.63) is 98.5 Å². The number of carbonyl (C=O) groups is 4. The number of carboxylic acid groups (broad SMARTS) is 1. The number of carboxylic acids is 1. The van der Waals surface area contributed by atoms with Gasteiger partial charge in [0, 0.05) is 68.2 Å². The predicted octanol–water partition coefficient (Wildman–Crippen LogP) is 5.51. The van der Waals surface area contributed by atoms with Crippen molar-refractivity contribution in [3.63, 3.8) is 0 Å². The molecule has 4 heterocycles. The van der Waals surface area contributed by atoms with Crippen molar-refractivity contribution in [3.8, 4) is 5.75 Å². The molecule has 1 aliphatic carbocycles. The molecule has 0 bridgehead atoms. The first-order valence-electron chi connectivity index (χ1n) is 18.4. The highest BCUT2D eigenvalue weighted by molar-refractivity contribution is 6.32. The molecule has 1 saturated carbocycles. The number of benzodiazepines with no additional fused rings is 1. The molecule has 16 heteroatoms. The average Bonchev–Trinajstić information content (AvgIpc) is 4.02. The number of pyridine rings is 1. The maximum absolute atomic E-state index is 15.1. The number of halogens is 2. The number of imide groups is 1. The van der Waals surface area contributed by atoms with E-state index >= 15 is 4.39 Å². The Balaban J connectivity index is 0.000000160. The number of aromatic nitrogens is 1. The molecule has 2 N–H and O–H groups in total. The number of hydrogen-bond donors (Lipinski definition) is 2. The number of piperazine rings is 1. The highest BCUT2D eigenvalue weighted by atomic mass is 35.5. The van der Waals surface area contributed by atoms with Crippen molar-refractivity contribution in [2.75, 3.05) is 57.2 Å². The second-order valence-electron chi connectivity index (χ2n) is 14.6. The van der Waals surface area contributed by atoms with Crippen LogP contribution in [-0.2, 0) is 14.3 Å². The topological polar surface area (TPSA) is 163 Å². The van der Waals surface area contributed by atoms with Gasteiger partial charge in [0.1, 0.15) is 17.8 Å². The van der Waals surface area contributed by atoms with Crippen LogP contribution in [0.15, 0.2) is 70.6 Å². The van der Waals surface area contributed by atoms with Gasteiger partial charge in [-0.3, -0.25) is 19.4 Å². The van der Waals surface area contributed by atoms with Gasteiger partial charge in [-0.2, -0.15) is 0 Å². The number of rotatable bonds is 5. The third-order valence-corrected chi connectivity index (χ3v) is 10.3. The van der Waals surface area contributed by atoms with E-state index < -0.39 is 28.9 Å². The van der Waals surface area contributed by atoms with E-state index in [0.29, 0.717) is 35.1 Å². The molecule has 1 unspecified atom stereocenters. The Morgan fingerprint density at radius 2 is 1.75 bits per heavy atom. The summed E-state index contributed by atoms with van der Waals surface area (Å²) in [6.45, 7) is 7.25. The van der Waals surface area contributed by atoms with E-state index in [9.17, 15) is 29.1 Å². The van der Waals surface area contributed by atoms with Gasteiger partial charge in [0.05, 0.1) is 29.4 Å². The number of hydrogen-bond acceptors (Lipinski definition) is 10. The van der Waals surface area contributed by atoms with E-state index in [1.807, 2.05) is 54.3 Å². The molecule has 3 aromatic carbocycles. The van der Waals surface area contributed by atoms with Crippen LogP contribution >= 0.6 is 11.6 Å². The number of carbonyl (C=O) groups excluding carboxylic acids is 3. The van der Waals surface area contributed by atoms with E-state index in [0.717, 1.165) is 52.9 Å². The number of nitrogens with one attached hydrogen (secondary N) is 1. The summed E-state index contributed by atoms with van der Waals surface area (Å²) < 4.78 is 27.2. The molecule has 0 radical (unpaired) electrons. The van der Waals surface area contributed by atoms with Gasteiger partial charge in [-0.15, -0.1) is 0 Å². The fraction of sp³-hybridized carbons (Fsp3) is 0.366. The predicted molar refractivity (Wildman–Crippen MR) is 215 cm³/mol. The molecular weight excluding hydrogens is 759 g/mol. The van der Waals surface area contributed by atoms with Crippen molar-refractivity contribution in [2.45, 2.75) is 51.3 Å². The largest absolute Gasteiger partial charge is 0.492 e. The summed E-state index contributed by atoms with van der Waals surface area (Å²) in [7, 11) is 4.62. The first-order valence-corrected chi connectivity index (χ1v) is 18.8. The minimum Gasteiger partial charge on any atom is -0.492 e. The molecule has 1 aromatic heterocycles. The molecule has 4 aliphatic rings. The number of amides is 3. The van der Waals surface area contributed by atoms with Gasteiger partial charge in [0.2, 0.25) is 11.3 Å². The van der Waals surface area contributed by atoms with Crippen LogP contribution in [0.3, 0.4) is 0 Å². The minimum atomic E-state index is -1.31. The summed E-state index contributed by atoms with van der Waals surface area (Å²) in [6.07, 6.45) is 2.57. The van der Waals surface area contributed by atoms with Crippen LogP contribution in [0.1, 0.15) is 61.1 Å². The number of anilines is 2. The molecule has 3 aliphatic heterocycles. The lowest BCUT2D eigenvalue weighted by Gasteiger charge is -2.35. The Hall–Kier alpha value is -5.80. The van der Waals surface area contributed by atoms with Gasteiger partial charge in [-0.1, -0.05) is 41.9 Å². The first-order chi connectivity index (χ1) is 27.0. The highest BCUT2D eigenvalue weighted by Gasteiger charge is 2.45. The molecule has 1 atom stereocenters. The van der Waals surface area contributed by atoms with E-state index in [1.54, 1.807) is 36.4 Å². The molecule has 4 aromatic rings. The number of fused-ring (bicyclic) bond motifs is 2. The lowest BCUT2D eigenvalue weighted by atomic mass is 10.0. The maximum atomic E-state index is 15.1. The zero-order valence-electron chi connectivity index (χ0n) is 32.5. The van der Waals surface area contributed by atoms with Gasteiger partial charge >= 0.3 is 12.1 Å². The number of nitrogens with zero attached hydrogens (tertiary/aromatic N) is 5. The van der Waals surface area contributed by atoms with Crippen molar-refractivity contribution in [2.24, 2.45) is 4.99 Å². The quantitative estimate of drug-likeness (QED) is 0.263. The summed E-state index contributed by atoms with van der Waals surface area (Å²) in [5, 5.41) is 13.4. The van der Waals surface area contributed by atoms with Crippen LogP contribution in [-0.4, -0.2) is 103 Å². The summed E-state index contributed by atoms with van der Waals surface area (Å²) in [5.74, 6) is -1.91. The van der Waals surface area contributed by atoms with Crippen LogP contribution < -0.4 is 25.3 Å². The highest BCUT2D eigenvalue weighted by Crippen LogP contribution is 2.44. The fourth-order valence-corrected chi connectivity index (χ4v) is 7.15. The number of benzene rings is 3. The molecule has 3 amide bonds. The maximum Gasteiger partial charge on any atom is 0.417 e. The summed E-state index contributed by atoms with van der Waals surface area (Å²) in [4.78, 5) is 66.9. The summed E-state index contributed by atoms with van der Waals surface area (Å²) in [6, 6.07) is 16.8. The van der Waals surface area contributed by atoms with E-state index in [-0.39, 0.29) is 41.4 Å². The summed E-state index contributed by atoms with van der Waals surface area (Å²) in [5.41, 5.74) is 2.31. The molecular formula is C41H44ClFN6O8. The normalized spacial score (nSPS) is 18.7. The lowest BCUT2D eigenvalue weighted by molar-refractivity contribution is -0.133. The molecule has 57 heavy (non-hydrogen) atoms. The SMILES string of the molecule is CN1C(=O)CN=C(c2ccccc2)c2cc(Cl)ccc21.CN1C(=O)OC(C)(C)C1=O.COc1c(N2CCNC(C)C2)c(F)cc2c(=O)c(C(=O)O)cn(C3CC3)c12. The van der Waals surface area contributed by atoms with Gasteiger partial charge in [-0.05, 0) is 57.9 Å². The van der Waals surface area contributed by atoms with E-state index in [1.165, 1.54) is 20.4 Å². The van der Waals surface area contributed by atoms with Crippen molar-refractivity contribution >= 4 is 63.5 Å². The number of likely N-dealkylation sites (N-methyl/N-ethyl adjacent to an activating group) is 2. The average molecular weight is 803 g/mol. The molecule has 0 spiro atoms. The summed E-state index contributed by atoms with van der Waals surface area (Å²) >= 11 is 6.11. The van der Waals surface area contributed by atoms with Crippen molar-refractivity contribution in [1.29, 1.82) is 0 Å². The number of cyclic esters (lactones) is 1. The van der Waals surface area contributed by atoms with Crippen molar-refractivity contribution in [1.82, 2.24) is 14.8 Å². The lowest BCUT2D eigenvalue weighted by Crippen LogP contribution is -2.49. The molecule has 8 rings (SSSR count). The number of aromatic carboxylic acids is 1. The van der Waals surface area contributed by atoms with Gasteiger partial charge in [0.25, 0.3) is 5.91 Å². The number of ether oxygens (including phenoxy) is 2. The Bertz CT molecular complexity index is 2350. The van der Waals surface area contributed by atoms with Crippen LogP contribution in [0, 0.1) is 5.82 Å². The first kappa shape index (κ1) is 40.9. The Morgan fingerprint density at radius 3 is 2.32 bits per heavy atom. The Kier molecular flexibility index (Phi) is 11.7. The number of methoxy groups -OCH3 is 1. The van der Waals surface area contributed by atoms with E-state index in [4.69, 9.17) is 21.1 Å². The monoisotopic (exact) mass is 802 g/mol. The van der Waals surface area contributed by atoms with Crippen LogP contribution in [0.5, 0.6) is 5.75 Å².